The lowest BCUT2D eigenvalue weighted by molar-refractivity contribution is 0.180. The Bertz CT molecular complexity index is 376. The van der Waals surface area contributed by atoms with Crippen molar-refractivity contribution in [1.29, 1.82) is 0 Å². The highest BCUT2D eigenvalue weighted by Crippen LogP contribution is 2.29. The van der Waals surface area contributed by atoms with Gasteiger partial charge in [0, 0.05) is 5.02 Å². The van der Waals surface area contributed by atoms with Crippen LogP contribution in [0.15, 0.2) is 18.2 Å². The molecule has 2 N–H and O–H groups in total. The van der Waals surface area contributed by atoms with Gasteiger partial charge in [0.05, 0.1) is 6.61 Å². The van der Waals surface area contributed by atoms with E-state index in [-0.39, 0.29) is 0 Å². The molecule has 0 aliphatic heterocycles. The van der Waals surface area contributed by atoms with Gasteiger partial charge in [-0.2, -0.15) is 0 Å². The molecule has 2 rings (SSSR count). The average molecular weight is 254 g/mol. The van der Waals surface area contributed by atoms with Crippen LogP contribution in [0.25, 0.3) is 0 Å². The maximum Gasteiger partial charge on any atom is 0.121 e. The van der Waals surface area contributed by atoms with Crippen LogP contribution >= 0.6 is 11.6 Å². The van der Waals surface area contributed by atoms with E-state index >= 15 is 0 Å². The van der Waals surface area contributed by atoms with Gasteiger partial charge in [0.15, 0.2) is 0 Å². The molecule has 0 amide bonds. The molecule has 1 fully saturated rings. The first-order valence-corrected chi connectivity index (χ1v) is 6.70. The lowest BCUT2D eigenvalue weighted by Gasteiger charge is -2.25. The number of hydrogen-bond donors (Lipinski definition) is 1. The molecule has 3 heteroatoms. The SMILES string of the molecule is CC(CN)c1cc(Cl)cc(OCC2CCC2)c1. The molecule has 0 radical (unpaired) electrons. The van der Waals surface area contributed by atoms with Gasteiger partial charge in [-0.15, -0.1) is 0 Å². The normalized spacial score (nSPS) is 17.6. The molecule has 0 heterocycles. The standard InChI is InChI=1S/C14H20ClNO/c1-10(8-16)12-5-13(15)7-14(6-12)17-9-11-3-2-4-11/h5-7,10-11H,2-4,8-9,16H2,1H3. The van der Waals surface area contributed by atoms with Gasteiger partial charge in [0.2, 0.25) is 0 Å². The smallest absolute Gasteiger partial charge is 0.121 e. The predicted molar refractivity (Wildman–Crippen MR) is 71.8 cm³/mol. The van der Waals surface area contributed by atoms with Crippen LogP contribution in [0, 0.1) is 5.92 Å². The van der Waals surface area contributed by atoms with Crippen molar-refractivity contribution in [3.8, 4) is 5.75 Å². The molecule has 2 nitrogen and oxygen atoms in total. The molecule has 0 aromatic heterocycles. The maximum absolute atomic E-state index is 6.09. The lowest BCUT2D eigenvalue weighted by Crippen LogP contribution is -2.19. The lowest BCUT2D eigenvalue weighted by atomic mass is 9.86. The highest BCUT2D eigenvalue weighted by atomic mass is 35.5. The largest absolute Gasteiger partial charge is 0.493 e. The van der Waals surface area contributed by atoms with Crippen molar-refractivity contribution in [2.75, 3.05) is 13.2 Å². The van der Waals surface area contributed by atoms with E-state index in [1.54, 1.807) is 0 Å². The minimum Gasteiger partial charge on any atom is -0.493 e. The van der Waals surface area contributed by atoms with Crippen LogP contribution < -0.4 is 10.5 Å². The highest BCUT2D eigenvalue weighted by molar-refractivity contribution is 6.30. The number of halogens is 1. The number of rotatable bonds is 5. The van der Waals surface area contributed by atoms with E-state index in [0.29, 0.717) is 12.5 Å². The zero-order chi connectivity index (χ0) is 12.3. The Kier molecular flexibility index (Phi) is 4.30. The van der Waals surface area contributed by atoms with Crippen LogP contribution in [0.2, 0.25) is 5.02 Å². The van der Waals surface area contributed by atoms with E-state index in [1.807, 2.05) is 12.1 Å². The van der Waals surface area contributed by atoms with Crippen molar-refractivity contribution in [1.82, 2.24) is 0 Å². The molecule has 1 aliphatic carbocycles. The van der Waals surface area contributed by atoms with Crippen LogP contribution in [0.3, 0.4) is 0 Å². The molecule has 1 aromatic rings. The van der Waals surface area contributed by atoms with Gasteiger partial charge in [-0.25, -0.2) is 0 Å². The Labute approximate surface area is 108 Å². The summed E-state index contributed by atoms with van der Waals surface area (Å²) in [6.07, 6.45) is 3.94. The van der Waals surface area contributed by atoms with Gasteiger partial charge < -0.3 is 10.5 Å². The summed E-state index contributed by atoms with van der Waals surface area (Å²) in [6, 6.07) is 5.91. The molecule has 1 unspecified atom stereocenters. The number of ether oxygens (including phenoxy) is 1. The minimum absolute atomic E-state index is 0.319. The van der Waals surface area contributed by atoms with Crippen molar-refractivity contribution in [2.24, 2.45) is 11.7 Å². The second-order valence-electron chi connectivity index (χ2n) is 4.96. The molecular weight excluding hydrogens is 234 g/mol. The number of nitrogens with two attached hydrogens (primary N) is 1. The van der Waals surface area contributed by atoms with E-state index < -0.39 is 0 Å². The van der Waals surface area contributed by atoms with Crippen molar-refractivity contribution < 1.29 is 4.74 Å². The third-order valence-electron chi connectivity index (χ3n) is 3.53. The van der Waals surface area contributed by atoms with Crippen LogP contribution in [-0.4, -0.2) is 13.2 Å². The molecule has 0 bridgehead atoms. The molecule has 1 atom stereocenters. The summed E-state index contributed by atoms with van der Waals surface area (Å²) in [5.74, 6) is 1.93. The monoisotopic (exact) mass is 253 g/mol. The van der Waals surface area contributed by atoms with Gasteiger partial charge in [-0.05, 0) is 55.0 Å². The van der Waals surface area contributed by atoms with Gasteiger partial charge in [0.25, 0.3) is 0 Å². The minimum atomic E-state index is 0.319. The molecule has 0 saturated heterocycles. The Morgan fingerprint density at radius 1 is 1.41 bits per heavy atom. The van der Waals surface area contributed by atoms with Crippen LogP contribution in [0.1, 0.15) is 37.7 Å². The van der Waals surface area contributed by atoms with Crippen molar-refractivity contribution in [3.63, 3.8) is 0 Å². The van der Waals surface area contributed by atoms with Crippen LogP contribution in [0.5, 0.6) is 5.75 Å². The van der Waals surface area contributed by atoms with Crippen LogP contribution in [0.4, 0.5) is 0 Å². The van der Waals surface area contributed by atoms with Gasteiger partial charge in [-0.3, -0.25) is 0 Å². The zero-order valence-corrected chi connectivity index (χ0v) is 11.0. The third-order valence-corrected chi connectivity index (χ3v) is 3.74. The molecule has 1 saturated carbocycles. The second kappa shape index (κ2) is 5.74. The molecule has 1 aliphatic rings. The van der Waals surface area contributed by atoms with E-state index in [9.17, 15) is 0 Å². The Morgan fingerprint density at radius 3 is 2.76 bits per heavy atom. The second-order valence-corrected chi connectivity index (χ2v) is 5.40. The van der Waals surface area contributed by atoms with E-state index in [0.717, 1.165) is 28.9 Å². The van der Waals surface area contributed by atoms with Crippen molar-refractivity contribution in [2.45, 2.75) is 32.1 Å². The molecule has 0 spiro atoms. The topological polar surface area (TPSA) is 35.2 Å². The summed E-state index contributed by atoms with van der Waals surface area (Å²) in [5.41, 5.74) is 6.83. The first kappa shape index (κ1) is 12.7. The molecular formula is C14H20ClNO. The van der Waals surface area contributed by atoms with Gasteiger partial charge in [-0.1, -0.05) is 24.9 Å². The Morgan fingerprint density at radius 2 is 2.18 bits per heavy atom. The Hall–Kier alpha value is -0.730. The molecule has 1 aromatic carbocycles. The summed E-state index contributed by atoms with van der Waals surface area (Å²) in [6.45, 7) is 3.54. The Balaban J connectivity index is 2.02. The number of benzene rings is 1. The van der Waals surface area contributed by atoms with Crippen LogP contribution in [-0.2, 0) is 0 Å². The summed E-state index contributed by atoms with van der Waals surface area (Å²) in [7, 11) is 0. The summed E-state index contributed by atoms with van der Waals surface area (Å²) >= 11 is 6.09. The first-order valence-electron chi connectivity index (χ1n) is 6.32. The summed E-state index contributed by atoms with van der Waals surface area (Å²) in [5, 5.41) is 0.728. The van der Waals surface area contributed by atoms with Crippen molar-refractivity contribution in [3.05, 3.63) is 28.8 Å². The van der Waals surface area contributed by atoms with E-state index in [4.69, 9.17) is 22.1 Å². The molecule has 17 heavy (non-hydrogen) atoms. The fourth-order valence-corrected chi connectivity index (χ4v) is 2.20. The van der Waals surface area contributed by atoms with E-state index in [2.05, 4.69) is 13.0 Å². The fourth-order valence-electron chi connectivity index (χ4n) is 1.96. The predicted octanol–water partition coefficient (Wildman–Crippen LogP) is 3.58. The number of hydrogen-bond acceptors (Lipinski definition) is 2. The summed E-state index contributed by atoms with van der Waals surface area (Å²) in [4.78, 5) is 0. The third kappa shape index (κ3) is 3.36. The van der Waals surface area contributed by atoms with E-state index in [1.165, 1.54) is 19.3 Å². The maximum atomic E-state index is 6.09. The first-order chi connectivity index (χ1) is 8.19. The fraction of sp³-hybridized carbons (Fsp3) is 0.571. The van der Waals surface area contributed by atoms with Gasteiger partial charge >= 0.3 is 0 Å². The van der Waals surface area contributed by atoms with Crippen molar-refractivity contribution >= 4 is 11.6 Å². The highest BCUT2D eigenvalue weighted by Gasteiger charge is 2.18. The molecule has 94 valence electrons. The van der Waals surface area contributed by atoms with Gasteiger partial charge in [0.1, 0.15) is 5.75 Å². The average Bonchev–Trinajstić information content (AvgIpc) is 2.25. The zero-order valence-electron chi connectivity index (χ0n) is 10.3. The quantitative estimate of drug-likeness (QED) is 0.871. The summed E-state index contributed by atoms with van der Waals surface area (Å²) < 4.78 is 5.80.